The van der Waals surface area contributed by atoms with E-state index in [1.807, 2.05) is 0 Å². The number of benzene rings is 1. The first-order valence-corrected chi connectivity index (χ1v) is 9.02. The lowest BCUT2D eigenvalue weighted by atomic mass is 9.78. The van der Waals surface area contributed by atoms with Gasteiger partial charge in [-0.1, -0.05) is 56.0 Å². The predicted octanol–water partition coefficient (Wildman–Crippen LogP) is 4.48. The highest BCUT2D eigenvalue weighted by Gasteiger charge is 2.30. The van der Waals surface area contributed by atoms with E-state index in [0.29, 0.717) is 11.8 Å². The molecule has 132 valence electrons. The molecule has 1 saturated carbocycles. The minimum Gasteiger partial charge on any atom is -0.449 e. The van der Waals surface area contributed by atoms with Crippen molar-refractivity contribution in [3.05, 3.63) is 33.8 Å². The van der Waals surface area contributed by atoms with E-state index in [2.05, 4.69) is 19.2 Å². The minimum atomic E-state index is -0.908. The van der Waals surface area contributed by atoms with Crippen LogP contribution < -0.4 is 5.32 Å². The van der Waals surface area contributed by atoms with Gasteiger partial charge >= 0.3 is 5.97 Å². The smallest absolute Gasteiger partial charge is 0.341 e. The molecule has 4 nitrogen and oxygen atoms in total. The van der Waals surface area contributed by atoms with Gasteiger partial charge in [-0.05, 0) is 37.3 Å². The van der Waals surface area contributed by atoms with Crippen molar-refractivity contribution in [2.24, 2.45) is 11.8 Å². The van der Waals surface area contributed by atoms with Gasteiger partial charge in [-0.15, -0.1) is 0 Å². The summed E-state index contributed by atoms with van der Waals surface area (Å²) in [6.07, 6.45) is 2.33. The molecule has 0 saturated heterocycles. The molecule has 1 N–H and O–H groups in total. The van der Waals surface area contributed by atoms with Crippen molar-refractivity contribution in [1.29, 1.82) is 0 Å². The first-order valence-electron chi connectivity index (χ1n) is 8.26. The van der Waals surface area contributed by atoms with Crippen LogP contribution in [0.5, 0.6) is 0 Å². The second-order valence-electron chi connectivity index (χ2n) is 6.53. The number of halogens is 2. The maximum atomic E-state index is 12.3. The van der Waals surface area contributed by atoms with Crippen molar-refractivity contribution in [3.63, 3.8) is 0 Å². The summed E-state index contributed by atoms with van der Waals surface area (Å²) in [5.74, 6) is -0.0109. The third-order valence-electron chi connectivity index (χ3n) is 4.85. The summed E-state index contributed by atoms with van der Waals surface area (Å²) in [4.78, 5) is 24.6. The van der Waals surface area contributed by atoms with Crippen molar-refractivity contribution < 1.29 is 14.3 Å². The zero-order valence-electron chi connectivity index (χ0n) is 14.1. The molecule has 0 radical (unpaired) electrons. The first kappa shape index (κ1) is 19.1. The van der Waals surface area contributed by atoms with Crippen LogP contribution in [0.15, 0.2) is 18.2 Å². The topological polar surface area (TPSA) is 55.4 Å². The van der Waals surface area contributed by atoms with E-state index in [0.717, 1.165) is 12.8 Å². The predicted molar refractivity (Wildman–Crippen MR) is 95.4 cm³/mol. The van der Waals surface area contributed by atoms with E-state index in [4.69, 9.17) is 27.9 Å². The fourth-order valence-electron chi connectivity index (χ4n) is 3.05. The van der Waals surface area contributed by atoms with Crippen LogP contribution in [-0.2, 0) is 9.53 Å². The normalized spacial score (nSPS) is 25.0. The third-order valence-corrected chi connectivity index (χ3v) is 5.48. The van der Waals surface area contributed by atoms with E-state index in [-0.39, 0.29) is 27.6 Å². The molecule has 0 bridgehead atoms. The van der Waals surface area contributed by atoms with E-state index in [9.17, 15) is 9.59 Å². The Balaban J connectivity index is 1.97. The van der Waals surface area contributed by atoms with Gasteiger partial charge in [-0.2, -0.15) is 0 Å². The molecular formula is C18H23Cl2NO3. The van der Waals surface area contributed by atoms with Gasteiger partial charge in [0.15, 0.2) is 6.10 Å². The quantitative estimate of drug-likeness (QED) is 0.793. The third kappa shape index (κ3) is 4.42. The number of hydrogen-bond donors (Lipinski definition) is 1. The summed E-state index contributed by atoms with van der Waals surface area (Å²) in [6, 6.07) is 4.87. The Labute approximate surface area is 152 Å². The largest absolute Gasteiger partial charge is 0.449 e. The number of carbonyl (C=O) groups excluding carboxylic acids is 2. The van der Waals surface area contributed by atoms with Crippen LogP contribution in [0.1, 0.15) is 50.4 Å². The van der Waals surface area contributed by atoms with Crippen molar-refractivity contribution in [2.45, 2.75) is 52.2 Å². The average molecular weight is 372 g/mol. The molecule has 1 aliphatic carbocycles. The van der Waals surface area contributed by atoms with Crippen LogP contribution in [0, 0.1) is 11.8 Å². The van der Waals surface area contributed by atoms with Crippen LogP contribution >= 0.6 is 23.2 Å². The maximum absolute atomic E-state index is 12.3. The van der Waals surface area contributed by atoms with Crippen molar-refractivity contribution in [2.75, 3.05) is 0 Å². The molecule has 0 unspecified atom stereocenters. The summed E-state index contributed by atoms with van der Waals surface area (Å²) < 4.78 is 5.24. The second kappa shape index (κ2) is 8.21. The molecule has 24 heavy (non-hydrogen) atoms. The molecule has 0 aliphatic heterocycles. The Kier molecular flexibility index (Phi) is 6.53. The van der Waals surface area contributed by atoms with Gasteiger partial charge in [0.2, 0.25) is 0 Å². The SMILES string of the molecule is C[C@H]1[C@@H](NC(=O)[C@@H](C)OC(=O)c2c(Cl)cccc2Cl)CCC[C@@H]1C. The van der Waals surface area contributed by atoms with Gasteiger partial charge in [-0.25, -0.2) is 4.79 Å². The van der Waals surface area contributed by atoms with Crippen molar-refractivity contribution in [3.8, 4) is 0 Å². The fourth-order valence-corrected chi connectivity index (χ4v) is 3.60. The Bertz CT molecular complexity index is 600. The summed E-state index contributed by atoms with van der Waals surface area (Å²) in [6.45, 7) is 5.90. The molecule has 1 aromatic rings. The Hall–Kier alpha value is -1.26. The number of amides is 1. The average Bonchev–Trinajstić information content (AvgIpc) is 2.51. The molecule has 0 aromatic heterocycles. The molecule has 1 aliphatic rings. The van der Waals surface area contributed by atoms with Crippen LogP contribution in [0.2, 0.25) is 10.0 Å². The summed E-state index contributed by atoms with van der Waals surface area (Å²) in [7, 11) is 0. The summed E-state index contributed by atoms with van der Waals surface area (Å²) in [5.41, 5.74) is 0.0835. The maximum Gasteiger partial charge on any atom is 0.341 e. The van der Waals surface area contributed by atoms with Crippen LogP contribution in [-0.4, -0.2) is 24.0 Å². The zero-order valence-corrected chi connectivity index (χ0v) is 15.7. The molecule has 1 aromatic carbocycles. The monoisotopic (exact) mass is 371 g/mol. The number of esters is 1. The van der Waals surface area contributed by atoms with Gasteiger partial charge in [0.1, 0.15) is 0 Å². The van der Waals surface area contributed by atoms with Crippen molar-refractivity contribution in [1.82, 2.24) is 5.32 Å². The van der Waals surface area contributed by atoms with Crippen LogP contribution in [0.25, 0.3) is 0 Å². The molecule has 6 heteroatoms. The van der Waals surface area contributed by atoms with Gasteiger partial charge in [-0.3, -0.25) is 4.79 Å². The molecule has 1 amide bonds. The van der Waals surface area contributed by atoms with Gasteiger partial charge in [0.05, 0.1) is 15.6 Å². The number of nitrogens with one attached hydrogen (secondary N) is 1. The van der Waals surface area contributed by atoms with E-state index >= 15 is 0 Å². The minimum absolute atomic E-state index is 0.0835. The Morgan fingerprint density at radius 3 is 2.46 bits per heavy atom. The standard InChI is InChI=1S/C18H23Cl2NO3/c1-10-6-4-9-15(11(10)2)21-17(22)12(3)24-18(23)16-13(19)7-5-8-14(16)20/h5,7-8,10-12,15H,4,6,9H2,1-3H3,(H,21,22)/t10-,11+,12+,15-/m0/s1. The number of carbonyl (C=O) groups is 2. The first-order chi connectivity index (χ1) is 11.3. The lowest BCUT2D eigenvalue weighted by Crippen LogP contribution is -2.47. The van der Waals surface area contributed by atoms with E-state index < -0.39 is 12.1 Å². The van der Waals surface area contributed by atoms with E-state index in [1.165, 1.54) is 6.42 Å². The lowest BCUT2D eigenvalue weighted by molar-refractivity contribution is -0.130. The molecule has 0 heterocycles. The molecule has 2 rings (SSSR count). The van der Waals surface area contributed by atoms with Crippen molar-refractivity contribution >= 4 is 35.1 Å². The van der Waals surface area contributed by atoms with Gasteiger partial charge in [0.25, 0.3) is 5.91 Å². The molecular weight excluding hydrogens is 349 g/mol. The van der Waals surface area contributed by atoms with Gasteiger partial charge in [0, 0.05) is 6.04 Å². The second-order valence-corrected chi connectivity index (χ2v) is 7.34. The van der Waals surface area contributed by atoms with Gasteiger partial charge < -0.3 is 10.1 Å². The molecule has 0 spiro atoms. The highest BCUT2D eigenvalue weighted by molar-refractivity contribution is 6.39. The van der Waals surface area contributed by atoms with Crippen LogP contribution in [0.3, 0.4) is 0 Å². The number of ether oxygens (including phenoxy) is 1. The summed E-state index contributed by atoms with van der Waals surface area (Å²) in [5, 5.41) is 3.41. The Morgan fingerprint density at radius 2 is 1.83 bits per heavy atom. The fraction of sp³-hybridized carbons (Fsp3) is 0.556. The lowest BCUT2D eigenvalue weighted by Gasteiger charge is -2.35. The summed E-state index contributed by atoms with van der Waals surface area (Å²) >= 11 is 12.0. The molecule has 1 fully saturated rings. The highest BCUT2D eigenvalue weighted by atomic mass is 35.5. The molecule has 4 atom stereocenters. The Morgan fingerprint density at radius 1 is 1.21 bits per heavy atom. The zero-order chi connectivity index (χ0) is 17.9. The highest BCUT2D eigenvalue weighted by Crippen LogP contribution is 2.29. The number of rotatable bonds is 4. The van der Waals surface area contributed by atoms with Crippen LogP contribution in [0.4, 0.5) is 0 Å². The number of hydrogen-bond acceptors (Lipinski definition) is 3. The van der Waals surface area contributed by atoms with E-state index in [1.54, 1.807) is 25.1 Å².